The van der Waals surface area contributed by atoms with Crippen molar-refractivity contribution in [3.63, 3.8) is 0 Å². The second-order valence-corrected chi connectivity index (χ2v) is 5.79. The fourth-order valence-corrected chi connectivity index (χ4v) is 1.80. The van der Waals surface area contributed by atoms with Crippen LogP contribution in [0.2, 0.25) is 0 Å². The van der Waals surface area contributed by atoms with Crippen LogP contribution in [-0.4, -0.2) is 68.1 Å². The first-order chi connectivity index (χ1) is 10.2. The van der Waals surface area contributed by atoms with E-state index in [0.29, 0.717) is 0 Å². The van der Waals surface area contributed by atoms with Gasteiger partial charge in [0.1, 0.15) is 0 Å². The van der Waals surface area contributed by atoms with E-state index in [4.69, 9.17) is 4.55 Å². The van der Waals surface area contributed by atoms with Crippen LogP contribution < -0.4 is 0 Å². The fraction of sp³-hybridized carbons (Fsp3) is 1.00. The second-order valence-electron chi connectivity index (χ2n) is 4.31. The maximum absolute atomic E-state index is 13.1. The zero-order valence-corrected chi connectivity index (χ0v) is 11.5. The Morgan fingerprint density at radius 3 is 1.04 bits per heavy atom. The maximum atomic E-state index is 13.1. The van der Waals surface area contributed by atoms with Gasteiger partial charge < -0.3 is 0 Å². The summed E-state index contributed by atoms with van der Waals surface area (Å²) in [5, 5.41) is 0. The minimum atomic E-state index is -5.87. The minimum Gasteiger partial charge on any atom is -0.283 e. The quantitative estimate of drug-likeness (QED) is 0.488. The van der Waals surface area contributed by atoms with Crippen LogP contribution in [0.1, 0.15) is 0 Å². The van der Waals surface area contributed by atoms with Crippen molar-refractivity contribution in [3.8, 4) is 0 Å². The molecule has 0 amide bonds. The molecule has 0 aliphatic heterocycles. The largest absolute Gasteiger partial charge is 0.300 e. The number of rotatable bonds is 9. The van der Waals surface area contributed by atoms with E-state index in [1.165, 1.54) is 0 Å². The molecule has 14 heteroatoms. The molecule has 0 rings (SSSR count). The lowest BCUT2D eigenvalue weighted by atomic mass is 10.00. The second kappa shape index (κ2) is 8.35. The molecule has 0 spiro atoms. The summed E-state index contributed by atoms with van der Waals surface area (Å²) in [5.41, 5.74) is -4.07. The Kier molecular flexibility index (Phi) is 8.06. The van der Waals surface area contributed by atoms with E-state index in [0.717, 1.165) is 0 Å². The normalized spacial score (nSPS) is 23.7. The van der Waals surface area contributed by atoms with Gasteiger partial charge in [0.05, 0.1) is 0 Å². The molecule has 0 fully saturated rings. The van der Waals surface area contributed by atoms with Crippen molar-refractivity contribution >= 4 is 10.1 Å². The van der Waals surface area contributed by atoms with Gasteiger partial charge in [0, 0.05) is 0 Å². The van der Waals surface area contributed by atoms with E-state index in [9.17, 15) is 52.3 Å². The summed E-state index contributed by atoms with van der Waals surface area (Å²) in [4.78, 5) is 0. The van der Waals surface area contributed by atoms with Crippen molar-refractivity contribution < 1.29 is 56.9 Å². The third-order valence-corrected chi connectivity index (χ3v) is 3.43. The highest BCUT2D eigenvalue weighted by Gasteiger charge is 2.50. The number of hydrogen-bond acceptors (Lipinski definition) is 2. The van der Waals surface area contributed by atoms with Crippen molar-refractivity contribution in [2.24, 2.45) is 0 Å². The molecule has 0 heterocycles. The zero-order chi connectivity index (χ0) is 18.7. The van der Waals surface area contributed by atoms with Gasteiger partial charge in [-0.2, -0.15) is 8.42 Å². The fourth-order valence-electron chi connectivity index (χ4n) is 1.33. The van der Waals surface area contributed by atoms with E-state index in [1.807, 2.05) is 0 Å². The highest BCUT2D eigenvalue weighted by molar-refractivity contribution is 7.86. The molecule has 0 aromatic heterocycles. The molecule has 0 bridgehead atoms. The van der Waals surface area contributed by atoms with Crippen LogP contribution >= 0.6 is 0 Å². The standard InChI is InChI=1S/C9H10F10O3S/c10-1(2(11)4(13)6(15)8(17)18)3(12)5(14)7(16)9(19)23(20,21)22/h1-9H,(H,20,21,22). The molecule has 1 N–H and O–H groups in total. The first-order valence-corrected chi connectivity index (χ1v) is 7.10. The predicted molar refractivity (Wildman–Crippen MR) is 56.7 cm³/mol. The summed E-state index contributed by atoms with van der Waals surface area (Å²) in [6.07, 6.45) is -32.2. The third-order valence-electron chi connectivity index (χ3n) is 2.60. The van der Waals surface area contributed by atoms with Gasteiger partial charge in [0.25, 0.3) is 11.9 Å². The van der Waals surface area contributed by atoms with Crippen LogP contribution in [0.4, 0.5) is 43.9 Å². The molecule has 8 atom stereocenters. The van der Waals surface area contributed by atoms with Crippen molar-refractivity contribution in [1.29, 1.82) is 0 Å². The van der Waals surface area contributed by atoms with E-state index in [-0.39, 0.29) is 0 Å². The molecule has 0 saturated carbocycles. The Hall–Kier alpha value is -0.790. The smallest absolute Gasteiger partial charge is 0.283 e. The first-order valence-electron chi connectivity index (χ1n) is 5.60. The molecule has 23 heavy (non-hydrogen) atoms. The topological polar surface area (TPSA) is 54.4 Å². The molecule has 8 unspecified atom stereocenters. The Bertz CT molecular complexity index is 462. The number of hydrogen-bond donors (Lipinski definition) is 1. The van der Waals surface area contributed by atoms with Crippen molar-refractivity contribution in [2.75, 3.05) is 0 Å². The summed E-state index contributed by atoms with van der Waals surface area (Å²) in [6, 6.07) is 0. The van der Waals surface area contributed by atoms with Crippen LogP contribution in [0.5, 0.6) is 0 Å². The van der Waals surface area contributed by atoms with Gasteiger partial charge in [-0.15, -0.1) is 0 Å². The molecule has 0 saturated heterocycles. The maximum Gasteiger partial charge on any atom is 0.300 e. The lowest BCUT2D eigenvalue weighted by Crippen LogP contribution is -2.48. The molecule has 3 nitrogen and oxygen atoms in total. The van der Waals surface area contributed by atoms with Gasteiger partial charge >= 0.3 is 10.1 Å². The average Bonchev–Trinajstić information content (AvgIpc) is 2.47. The van der Waals surface area contributed by atoms with Gasteiger partial charge in [-0.05, 0) is 0 Å². The monoisotopic (exact) mass is 388 g/mol. The van der Waals surface area contributed by atoms with Crippen molar-refractivity contribution in [2.45, 2.75) is 55.1 Å². The lowest BCUT2D eigenvalue weighted by molar-refractivity contribution is -0.0674. The summed E-state index contributed by atoms with van der Waals surface area (Å²) < 4.78 is 155. The molecular weight excluding hydrogens is 378 g/mol. The molecule has 0 aromatic carbocycles. The molecular formula is C9H10F10O3S. The Balaban J connectivity index is 5.03. The van der Waals surface area contributed by atoms with Gasteiger partial charge in [-0.1, -0.05) is 0 Å². The van der Waals surface area contributed by atoms with Gasteiger partial charge in [0.15, 0.2) is 43.2 Å². The highest BCUT2D eigenvalue weighted by Crippen LogP contribution is 2.29. The van der Waals surface area contributed by atoms with E-state index in [1.54, 1.807) is 0 Å². The molecule has 0 aliphatic rings. The highest BCUT2D eigenvalue weighted by atomic mass is 32.2. The van der Waals surface area contributed by atoms with Crippen LogP contribution in [0.25, 0.3) is 0 Å². The molecule has 0 aliphatic carbocycles. The minimum absolute atomic E-state index is 3.90. The molecule has 0 aromatic rings. The Morgan fingerprint density at radius 2 is 0.783 bits per heavy atom. The first kappa shape index (κ1) is 22.2. The summed E-state index contributed by atoms with van der Waals surface area (Å²) in [5.74, 6) is 0. The van der Waals surface area contributed by atoms with Crippen LogP contribution in [0.15, 0.2) is 0 Å². The Morgan fingerprint density at radius 1 is 0.522 bits per heavy atom. The van der Waals surface area contributed by atoms with Crippen LogP contribution in [-0.2, 0) is 10.1 Å². The van der Waals surface area contributed by atoms with Gasteiger partial charge in [0.2, 0.25) is 0 Å². The van der Waals surface area contributed by atoms with Gasteiger partial charge in [-0.3, -0.25) is 4.55 Å². The summed E-state index contributed by atoms with van der Waals surface area (Å²) >= 11 is 0. The van der Waals surface area contributed by atoms with Gasteiger partial charge in [-0.25, -0.2) is 43.9 Å². The van der Waals surface area contributed by atoms with Crippen molar-refractivity contribution in [1.82, 2.24) is 0 Å². The number of halogens is 10. The molecule has 0 radical (unpaired) electrons. The lowest BCUT2D eigenvalue weighted by Gasteiger charge is -2.25. The Labute approximate surface area is 123 Å². The van der Waals surface area contributed by atoms with Crippen LogP contribution in [0.3, 0.4) is 0 Å². The van der Waals surface area contributed by atoms with E-state index >= 15 is 0 Å². The van der Waals surface area contributed by atoms with Crippen LogP contribution in [0, 0.1) is 0 Å². The van der Waals surface area contributed by atoms with E-state index in [2.05, 4.69) is 0 Å². The summed E-state index contributed by atoms with van der Waals surface area (Å²) in [6.45, 7) is 0. The van der Waals surface area contributed by atoms with Crippen molar-refractivity contribution in [3.05, 3.63) is 0 Å². The summed E-state index contributed by atoms with van der Waals surface area (Å²) in [7, 11) is -5.87. The molecule has 140 valence electrons. The number of alkyl halides is 10. The average molecular weight is 388 g/mol. The van der Waals surface area contributed by atoms with E-state index < -0.39 is 65.2 Å². The SMILES string of the molecule is O=S(=O)(O)C(F)C(F)C(F)C(F)C(F)C(F)C(F)C(F)C(F)F. The predicted octanol–water partition coefficient (Wildman–Crippen LogP) is 2.80. The zero-order valence-electron chi connectivity index (χ0n) is 10.6. The third kappa shape index (κ3) is 5.65.